The molecule has 6 nitrogen and oxygen atoms in total. The number of benzene rings is 2. The molecule has 0 aliphatic rings. The molecule has 0 atom stereocenters. The summed E-state index contributed by atoms with van der Waals surface area (Å²) in [6.45, 7) is 1.45. The van der Waals surface area contributed by atoms with Crippen molar-refractivity contribution >= 4 is 16.9 Å². The number of nitrogens with one attached hydrogen (secondary N) is 3. The SMILES string of the molecule is CN=C(NCCc1ccc(OC)c(OC)c1)NCc1cc2ccccc2[nH]1. The van der Waals surface area contributed by atoms with Gasteiger partial charge in [0.15, 0.2) is 17.5 Å². The molecule has 0 bridgehead atoms. The predicted octanol–water partition coefficient (Wildman–Crippen LogP) is 3.09. The van der Waals surface area contributed by atoms with Gasteiger partial charge in [-0.3, -0.25) is 4.99 Å². The van der Waals surface area contributed by atoms with E-state index in [2.05, 4.69) is 38.8 Å². The van der Waals surface area contributed by atoms with Gasteiger partial charge in [0.05, 0.1) is 20.8 Å². The van der Waals surface area contributed by atoms with Gasteiger partial charge in [-0.25, -0.2) is 0 Å². The molecule has 0 saturated heterocycles. The Bertz CT molecular complexity index is 884. The van der Waals surface area contributed by atoms with Crippen molar-refractivity contribution in [1.29, 1.82) is 0 Å². The van der Waals surface area contributed by atoms with Gasteiger partial charge in [-0.2, -0.15) is 0 Å². The van der Waals surface area contributed by atoms with Crippen molar-refractivity contribution in [3.8, 4) is 11.5 Å². The summed E-state index contributed by atoms with van der Waals surface area (Å²) in [5, 5.41) is 7.89. The van der Waals surface area contributed by atoms with Crippen molar-refractivity contribution in [3.63, 3.8) is 0 Å². The molecule has 1 heterocycles. The molecule has 0 saturated carbocycles. The number of ether oxygens (including phenoxy) is 2. The summed E-state index contributed by atoms with van der Waals surface area (Å²) in [5.74, 6) is 2.26. The Labute approximate surface area is 159 Å². The molecular weight excluding hydrogens is 340 g/mol. The molecule has 0 aliphatic heterocycles. The lowest BCUT2D eigenvalue weighted by Gasteiger charge is -2.12. The zero-order chi connectivity index (χ0) is 19.1. The van der Waals surface area contributed by atoms with Crippen LogP contribution in [-0.2, 0) is 13.0 Å². The zero-order valence-corrected chi connectivity index (χ0v) is 16.0. The Morgan fingerprint density at radius 2 is 1.81 bits per heavy atom. The summed E-state index contributed by atoms with van der Waals surface area (Å²) in [6.07, 6.45) is 0.855. The van der Waals surface area contributed by atoms with Gasteiger partial charge in [0.1, 0.15) is 0 Å². The number of hydrogen-bond donors (Lipinski definition) is 3. The van der Waals surface area contributed by atoms with E-state index >= 15 is 0 Å². The van der Waals surface area contributed by atoms with Crippen LogP contribution in [0.2, 0.25) is 0 Å². The number of fused-ring (bicyclic) bond motifs is 1. The number of methoxy groups -OCH3 is 2. The highest BCUT2D eigenvalue weighted by molar-refractivity contribution is 5.81. The minimum Gasteiger partial charge on any atom is -0.493 e. The molecule has 3 rings (SSSR count). The van der Waals surface area contributed by atoms with Crippen molar-refractivity contribution < 1.29 is 9.47 Å². The molecule has 0 amide bonds. The fraction of sp³-hybridized carbons (Fsp3) is 0.286. The first-order valence-electron chi connectivity index (χ1n) is 8.95. The minimum atomic E-state index is 0.685. The van der Waals surface area contributed by atoms with Gasteiger partial charge < -0.3 is 25.1 Å². The van der Waals surface area contributed by atoms with Crippen LogP contribution in [0, 0.1) is 0 Å². The van der Waals surface area contributed by atoms with Crippen molar-refractivity contribution in [2.45, 2.75) is 13.0 Å². The largest absolute Gasteiger partial charge is 0.493 e. The number of aliphatic imine (C=N–C) groups is 1. The zero-order valence-electron chi connectivity index (χ0n) is 16.0. The normalized spacial score (nSPS) is 11.4. The lowest BCUT2D eigenvalue weighted by molar-refractivity contribution is 0.354. The van der Waals surface area contributed by atoms with E-state index < -0.39 is 0 Å². The standard InChI is InChI=1S/C21H26N4O2/c1-22-21(24-14-17-13-16-6-4-5-7-18(16)25-17)23-11-10-15-8-9-19(26-2)20(12-15)27-3/h4-9,12-13,25H,10-11,14H2,1-3H3,(H2,22,23,24). The van der Waals surface area contributed by atoms with Gasteiger partial charge in [-0.15, -0.1) is 0 Å². The third kappa shape index (κ3) is 4.73. The van der Waals surface area contributed by atoms with Gasteiger partial charge in [-0.05, 0) is 41.6 Å². The summed E-state index contributed by atoms with van der Waals surface area (Å²) < 4.78 is 10.6. The average molecular weight is 366 g/mol. The van der Waals surface area contributed by atoms with Gasteiger partial charge >= 0.3 is 0 Å². The lowest BCUT2D eigenvalue weighted by atomic mass is 10.1. The molecule has 0 fully saturated rings. The van der Waals surface area contributed by atoms with Crippen LogP contribution < -0.4 is 20.1 Å². The monoisotopic (exact) mass is 366 g/mol. The number of guanidine groups is 1. The summed E-state index contributed by atoms with van der Waals surface area (Å²) in [7, 11) is 5.06. The minimum absolute atomic E-state index is 0.685. The molecule has 142 valence electrons. The smallest absolute Gasteiger partial charge is 0.191 e. The predicted molar refractivity (Wildman–Crippen MR) is 110 cm³/mol. The van der Waals surface area contributed by atoms with E-state index in [1.807, 2.05) is 30.3 Å². The van der Waals surface area contributed by atoms with Crippen LogP contribution >= 0.6 is 0 Å². The second-order valence-electron chi connectivity index (χ2n) is 6.17. The highest BCUT2D eigenvalue weighted by Crippen LogP contribution is 2.27. The van der Waals surface area contributed by atoms with E-state index in [1.165, 1.54) is 10.9 Å². The third-order valence-electron chi connectivity index (χ3n) is 4.41. The van der Waals surface area contributed by atoms with Crippen molar-refractivity contribution in [2.24, 2.45) is 4.99 Å². The van der Waals surface area contributed by atoms with Gasteiger partial charge in [0.2, 0.25) is 0 Å². The van der Waals surface area contributed by atoms with Gasteiger partial charge in [0.25, 0.3) is 0 Å². The van der Waals surface area contributed by atoms with Crippen LogP contribution in [-0.4, -0.2) is 38.8 Å². The van der Waals surface area contributed by atoms with Crippen LogP contribution in [0.5, 0.6) is 11.5 Å². The molecule has 27 heavy (non-hydrogen) atoms. The molecule has 3 N–H and O–H groups in total. The summed E-state index contributed by atoms with van der Waals surface area (Å²) in [4.78, 5) is 7.69. The van der Waals surface area contributed by atoms with Crippen LogP contribution in [0.15, 0.2) is 53.5 Å². The van der Waals surface area contributed by atoms with Crippen LogP contribution in [0.4, 0.5) is 0 Å². The molecule has 0 radical (unpaired) electrons. The van der Waals surface area contributed by atoms with Gasteiger partial charge in [0, 0.05) is 24.8 Å². The van der Waals surface area contributed by atoms with Crippen molar-refractivity contribution in [1.82, 2.24) is 15.6 Å². The van der Waals surface area contributed by atoms with E-state index in [0.29, 0.717) is 6.54 Å². The topological polar surface area (TPSA) is 70.7 Å². The Morgan fingerprint density at radius 3 is 2.56 bits per heavy atom. The van der Waals surface area contributed by atoms with Crippen LogP contribution in [0.25, 0.3) is 10.9 Å². The van der Waals surface area contributed by atoms with Crippen LogP contribution in [0.3, 0.4) is 0 Å². The van der Waals surface area contributed by atoms with E-state index in [4.69, 9.17) is 9.47 Å². The van der Waals surface area contributed by atoms with E-state index in [9.17, 15) is 0 Å². The summed E-state index contributed by atoms with van der Waals surface area (Å²) in [5.41, 5.74) is 3.44. The first-order chi connectivity index (χ1) is 13.2. The summed E-state index contributed by atoms with van der Waals surface area (Å²) >= 11 is 0. The average Bonchev–Trinajstić information content (AvgIpc) is 3.13. The maximum Gasteiger partial charge on any atom is 0.191 e. The molecular formula is C21H26N4O2. The number of para-hydroxylation sites is 1. The molecule has 3 aromatic rings. The Hall–Kier alpha value is -3.15. The fourth-order valence-electron chi connectivity index (χ4n) is 2.99. The van der Waals surface area contributed by atoms with Crippen molar-refractivity contribution in [3.05, 3.63) is 59.8 Å². The number of hydrogen-bond acceptors (Lipinski definition) is 3. The van der Waals surface area contributed by atoms with Crippen LogP contribution in [0.1, 0.15) is 11.3 Å². The quantitative estimate of drug-likeness (QED) is 0.444. The van der Waals surface area contributed by atoms with E-state index in [-0.39, 0.29) is 0 Å². The molecule has 0 spiro atoms. The number of H-pyrrole nitrogens is 1. The van der Waals surface area contributed by atoms with Gasteiger partial charge in [-0.1, -0.05) is 24.3 Å². The highest BCUT2D eigenvalue weighted by atomic mass is 16.5. The van der Waals surface area contributed by atoms with Crippen molar-refractivity contribution in [2.75, 3.05) is 27.8 Å². The second kappa shape index (κ2) is 8.98. The molecule has 0 aliphatic carbocycles. The first-order valence-corrected chi connectivity index (χ1v) is 8.95. The summed E-state index contributed by atoms with van der Waals surface area (Å²) in [6, 6.07) is 16.4. The number of aromatic nitrogens is 1. The maximum atomic E-state index is 5.35. The molecule has 2 aromatic carbocycles. The number of aromatic amines is 1. The molecule has 0 unspecified atom stereocenters. The third-order valence-corrected chi connectivity index (χ3v) is 4.41. The van der Waals surface area contributed by atoms with E-state index in [1.54, 1.807) is 21.3 Å². The Kier molecular flexibility index (Phi) is 6.20. The van der Waals surface area contributed by atoms with E-state index in [0.717, 1.165) is 41.6 Å². The molecule has 6 heteroatoms. The maximum absolute atomic E-state index is 5.35. The lowest BCUT2D eigenvalue weighted by Crippen LogP contribution is -2.37. The molecule has 1 aromatic heterocycles. The number of rotatable bonds is 7. The fourth-order valence-corrected chi connectivity index (χ4v) is 2.99. The first kappa shape index (κ1) is 18.6. The number of nitrogens with zero attached hydrogens (tertiary/aromatic N) is 1. The second-order valence-corrected chi connectivity index (χ2v) is 6.17. The Morgan fingerprint density at radius 1 is 1.00 bits per heavy atom. The Balaban J connectivity index is 1.50. The highest BCUT2D eigenvalue weighted by Gasteiger charge is 2.05.